The number of methoxy groups -OCH3 is 1. The molecule has 1 fully saturated rings. The van der Waals surface area contributed by atoms with Crippen LogP contribution in [0.15, 0.2) is 36.5 Å². The third-order valence-electron chi connectivity index (χ3n) is 6.91. The number of carbonyl (C=O) groups is 2. The number of amides is 1. The molecule has 232 valence electrons. The van der Waals surface area contributed by atoms with Gasteiger partial charge in [0.05, 0.1) is 43.6 Å². The molecule has 0 saturated carbocycles. The first-order chi connectivity index (χ1) is 19.5. The van der Waals surface area contributed by atoms with Crippen LogP contribution in [-0.2, 0) is 27.1 Å². The lowest BCUT2D eigenvalue weighted by Gasteiger charge is -2.35. The van der Waals surface area contributed by atoms with Crippen molar-refractivity contribution in [2.75, 3.05) is 7.11 Å². The van der Waals surface area contributed by atoms with Crippen molar-refractivity contribution in [3.63, 3.8) is 0 Å². The van der Waals surface area contributed by atoms with Crippen LogP contribution in [0, 0.1) is 11.3 Å². The Labute approximate surface area is 243 Å². The summed E-state index contributed by atoms with van der Waals surface area (Å²) in [5.74, 6) is -1.77. The lowest BCUT2D eigenvalue weighted by Crippen LogP contribution is -2.47. The van der Waals surface area contributed by atoms with Gasteiger partial charge in [0, 0.05) is 23.2 Å². The maximum atomic E-state index is 13.6. The van der Waals surface area contributed by atoms with E-state index in [0.717, 1.165) is 17.0 Å². The highest BCUT2D eigenvalue weighted by Crippen LogP contribution is 2.51. The Balaban J connectivity index is 2.24. The number of hydrogen-bond acceptors (Lipinski definition) is 7. The zero-order chi connectivity index (χ0) is 31.6. The molecule has 0 radical (unpaired) electrons. The van der Waals surface area contributed by atoms with Gasteiger partial charge in [-0.15, -0.1) is 0 Å². The monoisotopic (exact) mass is 596 g/mol. The lowest BCUT2D eigenvalue weighted by atomic mass is 9.73. The molecule has 1 N–H and O–H groups in total. The summed E-state index contributed by atoms with van der Waals surface area (Å²) in [7, 11) is 1.33. The lowest BCUT2D eigenvalue weighted by molar-refractivity contribution is -0.145. The van der Waals surface area contributed by atoms with Crippen LogP contribution in [0.1, 0.15) is 71.2 Å². The molecule has 0 unspecified atom stereocenters. The molecule has 12 heteroatoms. The number of aliphatic carboxylic acids is 1. The highest BCUT2D eigenvalue weighted by Gasteiger charge is 2.60. The van der Waals surface area contributed by atoms with Crippen LogP contribution in [0.4, 0.5) is 18.0 Å². The number of ether oxygens (including phenoxy) is 4. The minimum atomic E-state index is -4.60. The van der Waals surface area contributed by atoms with E-state index in [-0.39, 0.29) is 29.9 Å². The number of carbonyl (C=O) groups excluding carboxylic acids is 1. The minimum Gasteiger partial charge on any atom is -0.496 e. The van der Waals surface area contributed by atoms with Crippen LogP contribution >= 0.6 is 0 Å². The quantitative estimate of drug-likeness (QED) is 0.350. The zero-order valence-corrected chi connectivity index (χ0v) is 25.1. The molecule has 0 bridgehead atoms. The number of hydrogen-bond donors (Lipinski definition) is 1. The van der Waals surface area contributed by atoms with Crippen molar-refractivity contribution >= 4 is 12.1 Å². The van der Waals surface area contributed by atoms with E-state index in [1.165, 1.54) is 19.4 Å². The molecule has 0 spiro atoms. The van der Waals surface area contributed by atoms with Gasteiger partial charge in [-0.25, -0.2) is 14.6 Å². The molecule has 2 aromatic rings. The number of carboxylic acid groups (broad SMARTS) is 1. The maximum Gasteiger partial charge on any atom is 0.416 e. The molecular weight excluding hydrogens is 557 g/mol. The molecule has 3 rings (SSSR count). The van der Waals surface area contributed by atoms with Crippen molar-refractivity contribution in [3.8, 4) is 11.6 Å². The highest BCUT2D eigenvalue weighted by atomic mass is 19.4. The molecular formula is C30H39F3N2O7. The predicted octanol–water partition coefficient (Wildman–Crippen LogP) is 6.50. The summed E-state index contributed by atoms with van der Waals surface area (Å²) < 4.78 is 63.8. The number of benzene rings is 1. The fraction of sp³-hybridized carbons (Fsp3) is 0.567. The van der Waals surface area contributed by atoms with Gasteiger partial charge in [0.1, 0.15) is 11.8 Å². The Bertz CT molecular complexity index is 1260. The number of alkyl halides is 3. The Morgan fingerprint density at radius 2 is 1.74 bits per heavy atom. The third kappa shape index (κ3) is 7.26. The number of pyridine rings is 1. The number of rotatable bonds is 9. The average Bonchev–Trinajstić information content (AvgIpc) is 3.22. The largest absolute Gasteiger partial charge is 0.496 e. The number of likely N-dealkylation sites (tertiary alicyclic amines) is 1. The van der Waals surface area contributed by atoms with Crippen LogP contribution in [-0.4, -0.2) is 58.5 Å². The maximum absolute atomic E-state index is 13.6. The van der Waals surface area contributed by atoms with Crippen LogP contribution in [0.2, 0.25) is 0 Å². The summed E-state index contributed by atoms with van der Waals surface area (Å²) >= 11 is 0. The molecule has 42 heavy (non-hydrogen) atoms. The van der Waals surface area contributed by atoms with Crippen LogP contribution in [0.5, 0.6) is 11.6 Å². The Hall–Kier alpha value is -3.54. The van der Waals surface area contributed by atoms with Crippen LogP contribution in [0.3, 0.4) is 0 Å². The second-order valence-electron chi connectivity index (χ2n) is 11.8. The molecule has 1 saturated heterocycles. The van der Waals surface area contributed by atoms with Crippen molar-refractivity contribution in [2.45, 2.75) is 91.6 Å². The van der Waals surface area contributed by atoms with Crippen molar-refractivity contribution < 1.29 is 46.8 Å². The summed E-state index contributed by atoms with van der Waals surface area (Å²) in [6, 6.07) is 3.87. The van der Waals surface area contributed by atoms with Crippen LogP contribution in [0.25, 0.3) is 0 Å². The molecule has 0 aliphatic carbocycles. The van der Waals surface area contributed by atoms with E-state index >= 15 is 0 Å². The number of aromatic nitrogens is 1. The summed E-state index contributed by atoms with van der Waals surface area (Å²) in [6.07, 6.45) is -5.86. The number of nitrogens with zero attached hydrogens (tertiary/aromatic N) is 2. The standard InChI is InChI=1S/C30H39F3N2O7/c1-16(2)41-26-20(10-9-13-34-26)23-25(40-15-18-14-19(30(31,32)33)11-12-21(18)39-8)22(29(5,6)7)24(27(36)37)35(23)28(38)42-17(3)4/h9-14,16-17,22-25H,15H2,1-8H3,(H,36,37)/t22-,23+,24+,25+/m1/s1. The molecule has 1 aliphatic heterocycles. The van der Waals surface area contributed by atoms with Gasteiger partial charge < -0.3 is 24.1 Å². The van der Waals surface area contributed by atoms with E-state index in [4.69, 9.17) is 18.9 Å². The normalized spacial score (nSPS) is 21.1. The van der Waals surface area contributed by atoms with Gasteiger partial charge in [0.25, 0.3) is 0 Å². The first-order valence-corrected chi connectivity index (χ1v) is 13.7. The summed E-state index contributed by atoms with van der Waals surface area (Å²) in [5, 5.41) is 10.5. The second kappa shape index (κ2) is 12.8. The summed E-state index contributed by atoms with van der Waals surface area (Å²) in [5.41, 5.74) is -1.15. The van der Waals surface area contributed by atoms with Crippen LogP contribution < -0.4 is 9.47 Å². The molecule has 2 heterocycles. The molecule has 1 aromatic heterocycles. The van der Waals surface area contributed by atoms with Crippen molar-refractivity contribution in [1.29, 1.82) is 0 Å². The van der Waals surface area contributed by atoms with Gasteiger partial charge in [-0.3, -0.25) is 4.90 Å². The predicted molar refractivity (Wildman–Crippen MR) is 147 cm³/mol. The highest BCUT2D eigenvalue weighted by molar-refractivity contribution is 5.82. The van der Waals surface area contributed by atoms with Gasteiger partial charge in [-0.1, -0.05) is 20.8 Å². The van der Waals surface area contributed by atoms with E-state index in [1.807, 2.05) is 20.8 Å². The summed E-state index contributed by atoms with van der Waals surface area (Å²) in [6.45, 7) is 12.0. The van der Waals surface area contributed by atoms with Gasteiger partial charge >= 0.3 is 18.2 Å². The first kappa shape index (κ1) is 33.0. The van der Waals surface area contributed by atoms with Crippen molar-refractivity contribution in [1.82, 2.24) is 9.88 Å². The fourth-order valence-electron chi connectivity index (χ4n) is 5.33. The average molecular weight is 597 g/mol. The fourth-order valence-corrected chi connectivity index (χ4v) is 5.33. The third-order valence-corrected chi connectivity index (χ3v) is 6.91. The minimum absolute atomic E-state index is 0.110. The van der Waals surface area contributed by atoms with E-state index in [9.17, 15) is 27.9 Å². The van der Waals surface area contributed by atoms with Crippen molar-refractivity contribution in [2.24, 2.45) is 11.3 Å². The second-order valence-corrected chi connectivity index (χ2v) is 11.8. The molecule has 1 amide bonds. The Kier molecular flexibility index (Phi) is 10.0. The molecule has 9 nitrogen and oxygen atoms in total. The Morgan fingerprint density at radius 3 is 2.26 bits per heavy atom. The van der Waals surface area contributed by atoms with Gasteiger partial charge in [-0.2, -0.15) is 13.2 Å². The van der Waals surface area contributed by atoms with Gasteiger partial charge in [0.2, 0.25) is 5.88 Å². The first-order valence-electron chi connectivity index (χ1n) is 13.7. The Morgan fingerprint density at radius 1 is 1.07 bits per heavy atom. The van der Waals surface area contributed by atoms with E-state index in [1.54, 1.807) is 39.8 Å². The smallest absolute Gasteiger partial charge is 0.416 e. The molecule has 1 aliphatic rings. The number of halogens is 3. The van der Waals surface area contributed by atoms with E-state index in [0.29, 0.717) is 5.56 Å². The topological polar surface area (TPSA) is 107 Å². The SMILES string of the molecule is COc1ccc(C(F)(F)F)cc1CO[C@H]1[C@H](C(C)(C)C)[C@@H](C(=O)O)N(C(=O)OC(C)C)[C@H]1c1cccnc1OC(C)C. The van der Waals surface area contributed by atoms with E-state index in [2.05, 4.69) is 4.98 Å². The molecule has 4 atom stereocenters. The molecule has 1 aromatic carbocycles. The zero-order valence-electron chi connectivity index (χ0n) is 25.1. The number of carboxylic acids is 1. The van der Waals surface area contributed by atoms with Gasteiger partial charge in [-0.05, 0) is 63.4 Å². The summed E-state index contributed by atoms with van der Waals surface area (Å²) in [4.78, 5) is 32.0. The van der Waals surface area contributed by atoms with Crippen molar-refractivity contribution in [3.05, 3.63) is 53.2 Å². The van der Waals surface area contributed by atoms with E-state index < -0.39 is 59.4 Å². The van der Waals surface area contributed by atoms with Gasteiger partial charge in [0.15, 0.2) is 0 Å².